The fraction of sp³-hybridized carbons (Fsp3) is 0.333. The van der Waals surface area contributed by atoms with Gasteiger partial charge in [-0.15, -0.1) is 0 Å². The molecule has 5 heteroatoms. The summed E-state index contributed by atoms with van der Waals surface area (Å²) in [7, 11) is -4.03. The maximum Gasteiger partial charge on any atom is 1.00 e. The van der Waals surface area contributed by atoms with Crippen molar-refractivity contribution in [2.24, 2.45) is 5.92 Å². The number of hydrogen-bond acceptors (Lipinski definition) is 2. The molecule has 1 aromatic rings. The van der Waals surface area contributed by atoms with Crippen LogP contribution in [0.4, 0.5) is 0 Å². The van der Waals surface area contributed by atoms with Crippen molar-refractivity contribution < 1.29 is 44.0 Å². The Morgan fingerprint density at radius 3 is 2.24 bits per heavy atom. The minimum atomic E-state index is -4.03. The SMILES string of the molecule is CC(C)Cc1ccc(C=CS(=O)(=O)O)cc1.[H-].[Na+]. The second-order valence-electron chi connectivity index (χ2n) is 4.16. The molecule has 0 bridgehead atoms. The molecule has 0 heterocycles. The van der Waals surface area contributed by atoms with Gasteiger partial charge < -0.3 is 1.43 Å². The minimum absolute atomic E-state index is 0. The molecule has 0 aromatic heterocycles. The monoisotopic (exact) mass is 264 g/mol. The van der Waals surface area contributed by atoms with Crippen LogP contribution in [0.2, 0.25) is 0 Å². The first-order valence-corrected chi connectivity index (χ1v) is 6.61. The normalized spacial score (nSPS) is 11.8. The molecule has 0 fully saturated rings. The second kappa shape index (κ2) is 7.34. The number of hydrogen-bond donors (Lipinski definition) is 1. The average molecular weight is 264 g/mol. The summed E-state index contributed by atoms with van der Waals surface area (Å²) in [6.45, 7) is 4.29. The van der Waals surface area contributed by atoms with E-state index in [2.05, 4.69) is 13.8 Å². The third-order valence-electron chi connectivity index (χ3n) is 2.06. The molecule has 0 unspecified atom stereocenters. The topological polar surface area (TPSA) is 54.4 Å². The molecule has 17 heavy (non-hydrogen) atoms. The molecular weight excluding hydrogens is 247 g/mol. The quantitative estimate of drug-likeness (QED) is 0.608. The molecule has 0 saturated carbocycles. The Bertz CT molecular complexity index is 467. The van der Waals surface area contributed by atoms with Gasteiger partial charge in [0.05, 0.1) is 5.41 Å². The predicted octanol–water partition coefficient (Wildman–Crippen LogP) is -0.140. The van der Waals surface area contributed by atoms with Crippen molar-refractivity contribution >= 4 is 16.2 Å². The van der Waals surface area contributed by atoms with Crippen molar-refractivity contribution in [2.75, 3.05) is 0 Å². The summed E-state index contributed by atoms with van der Waals surface area (Å²) in [5.41, 5.74) is 1.98. The molecule has 0 aliphatic carbocycles. The van der Waals surface area contributed by atoms with E-state index in [9.17, 15) is 8.42 Å². The summed E-state index contributed by atoms with van der Waals surface area (Å²) in [5, 5.41) is 0.782. The molecule has 1 N–H and O–H groups in total. The van der Waals surface area contributed by atoms with Gasteiger partial charge in [-0.3, -0.25) is 4.55 Å². The van der Waals surface area contributed by atoms with E-state index in [1.807, 2.05) is 24.3 Å². The van der Waals surface area contributed by atoms with Gasteiger partial charge in [-0.05, 0) is 29.5 Å². The van der Waals surface area contributed by atoms with Gasteiger partial charge >= 0.3 is 29.6 Å². The van der Waals surface area contributed by atoms with Crippen LogP contribution < -0.4 is 29.6 Å². The Kier molecular flexibility index (Phi) is 7.28. The molecule has 3 nitrogen and oxygen atoms in total. The Hall–Kier alpha value is -0.130. The third-order valence-corrected chi connectivity index (χ3v) is 2.54. The number of rotatable bonds is 4. The van der Waals surface area contributed by atoms with Crippen LogP contribution in [0.15, 0.2) is 29.7 Å². The van der Waals surface area contributed by atoms with E-state index in [0.717, 1.165) is 17.4 Å². The smallest absolute Gasteiger partial charge is 1.00 e. The Labute approximate surface area is 126 Å². The first-order chi connectivity index (χ1) is 7.37. The van der Waals surface area contributed by atoms with Gasteiger partial charge in [-0.2, -0.15) is 8.42 Å². The van der Waals surface area contributed by atoms with Crippen molar-refractivity contribution in [1.29, 1.82) is 0 Å². The van der Waals surface area contributed by atoms with Crippen LogP contribution in [0.1, 0.15) is 26.4 Å². The first kappa shape index (κ1) is 16.9. The standard InChI is InChI=1S/C12H16O3S.Na.H/c1-10(2)9-12-5-3-11(4-6-12)7-8-16(13,14)15;;/h3-8,10H,9H2,1-2H3,(H,13,14,15);;/q;+1;-1. The van der Waals surface area contributed by atoms with E-state index < -0.39 is 10.1 Å². The van der Waals surface area contributed by atoms with Gasteiger partial charge in [-0.25, -0.2) is 0 Å². The fourth-order valence-electron chi connectivity index (χ4n) is 1.40. The van der Waals surface area contributed by atoms with E-state index in [4.69, 9.17) is 4.55 Å². The van der Waals surface area contributed by atoms with Crippen molar-refractivity contribution in [3.63, 3.8) is 0 Å². The van der Waals surface area contributed by atoms with Gasteiger partial charge in [0.15, 0.2) is 0 Å². The molecule has 1 rings (SSSR count). The summed E-state index contributed by atoms with van der Waals surface area (Å²) < 4.78 is 29.5. The van der Waals surface area contributed by atoms with Crippen LogP contribution in [-0.2, 0) is 16.5 Å². The zero-order valence-electron chi connectivity index (χ0n) is 11.4. The van der Waals surface area contributed by atoms with Crippen molar-refractivity contribution in [1.82, 2.24) is 0 Å². The van der Waals surface area contributed by atoms with Crippen molar-refractivity contribution in [2.45, 2.75) is 20.3 Å². The molecule has 1 aromatic carbocycles. The van der Waals surface area contributed by atoms with Gasteiger partial charge in [0, 0.05) is 0 Å². The Morgan fingerprint density at radius 2 is 1.82 bits per heavy atom. The van der Waals surface area contributed by atoms with E-state index in [0.29, 0.717) is 5.92 Å². The summed E-state index contributed by atoms with van der Waals surface area (Å²) in [6.07, 6.45) is 2.37. The van der Waals surface area contributed by atoms with Gasteiger partial charge in [0.2, 0.25) is 0 Å². The minimum Gasteiger partial charge on any atom is -1.00 e. The van der Waals surface area contributed by atoms with Crippen LogP contribution in [0, 0.1) is 5.92 Å². The van der Waals surface area contributed by atoms with Crippen LogP contribution >= 0.6 is 0 Å². The maximum atomic E-state index is 10.5. The fourth-order valence-corrected chi connectivity index (χ4v) is 1.73. The average Bonchev–Trinajstić information content (AvgIpc) is 2.14. The molecule has 0 aliphatic rings. The Morgan fingerprint density at radius 1 is 1.29 bits per heavy atom. The summed E-state index contributed by atoms with van der Waals surface area (Å²) in [6, 6.07) is 7.59. The van der Waals surface area contributed by atoms with Crippen LogP contribution in [0.3, 0.4) is 0 Å². The molecule has 0 radical (unpaired) electrons. The first-order valence-electron chi connectivity index (χ1n) is 5.11. The zero-order chi connectivity index (χ0) is 12.2. The predicted molar refractivity (Wildman–Crippen MR) is 66.7 cm³/mol. The van der Waals surface area contributed by atoms with Crippen LogP contribution in [-0.4, -0.2) is 13.0 Å². The maximum absolute atomic E-state index is 10.5. The summed E-state index contributed by atoms with van der Waals surface area (Å²) in [4.78, 5) is 0. The zero-order valence-corrected chi connectivity index (χ0v) is 13.2. The van der Waals surface area contributed by atoms with E-state index >= 15 is 0 Å². The van der Waals surface area contributed by atoms with Gasteiger partial charge in [0.25, 0.3) is 10.1 Å². The second-order valence-corrected chi connectivity index (χ2v) is 5.46. The van der Waals surface area contributed by atoms with Gasteiger partial charge in [0.1, 0.15) is 0 Å². The molecule has 0 saturated heterocycles. The van der Waals surface area contributed by atoms with E-state index in [1.165, 1.54) is 11.6 Å². The largest absolute Gasteiger partial charge is 1.00 e. The molecule has 0 aliphatic heterocycles. The molecule has 0 spiro atoms. The Balaban J connectivity index is 0. The van der Waals surface area contributed by atoms with E-state index in [1.54, 1.807) is 0 Å². The molecular formula is C12H17NaO3S. The summed E-state index contributed by atoms with van der Waals surface area (Å²) in [5.74, 6) is 0.596. The molecule has 90 valence electrons. The van der Waals surface area contributed by atoms with E-state index in [-0.39, 0.29) is 31.0 Å². The molecule has 0 atom stereocenters. The third kappa shape index (κ3) is 7.73. The van der Waals surface area contributed by atoms with Crippen molar-refractivity contribution in [3.05, 3.63) is 40.8 Å². The van der Waals surface area contributed by atoms with Crippen LogP contribution in [0.5, 0.6) is 0 Å². The number of benzene rings is 1. The molecule has 0 amide bonds. The van der Waals surface area contributed by atoms with Crippen molar-refractivity contribution in [3.8, 4) is 0 Å². The van der Waals surface area contributed by atoms with Crippen LogP contribution in [0.25, 0.3) is 6.08 Å². The van der Waals surface area contributed by atoms with Gasteiger partial charge in [-0.1, -0.05) is 38.1 Å². The summed E-state index contributed by atoms with van der Waals surface area (Å²) >= 11 is 0.